The van der Waals surface area contributed by atoms with Crippen LogP contribution in [0.2, 0.25) is 0 Å². The molecular weight excluding hydrogens is 398 g/mol. The summed E-state index contributed by atoms with van der Waals surface area (Å²) >= 11 is 0. The van der Waals surface area contributed by atoms with Gasteiger partial charge < -0.3 is 14.7 Å². The minimum Gasteiger partial charge on any atom is -0.506 e. The largest absolute Gasteiger partial charge is 0.506 e. The highest BCUT2D eigenvalue weighted by atomic mass is 16.5. The number of anilines is 2. The summed E-state index contributed by atoms with van der Waals surface area (Å²) < 4.78 is 5.88. The van der Waals surface area contributed by atoms with Crippen molar-refractivity contribution >= 4 is 17.6 Å². The Balaban J connectivity index is 1.67. The van der Waals surface area contributed by atoms with Crippen LogP contribution in [0, 0.1) is 5.41 Å². The normalized spacial score (nSPS) is 17.6. The topological polar surface area (TPSA) is 58.0 Å². The van der Waals surface area contributed by atoms with Crippen molar-refractivity contribution in [1.29, 1.82) is 0 Å². The van der Waals surface area contributed by atoms with Gasteiger partial charge in [-0.05, 0) is 67.3 Å². The Morgan fingerprint density at radius 2 is 1.75 bits per heavy atom. The molecule has 0 amide bonds. The fourth-order valence-electron chi connectivity index (χ4n) is 4.40. The molecule has 4 rings (SSSR count). The van der Waals surface area contributed by atoms with Crippen LogP contribution in [0.25, 0.3) is 0 Å². The molecule has 1 aliphatic rings. The molecule has 0 saturated heterocycles. The molecular formula is C27H29N3O2. The number of allylic oxidation sites excluding steroid dienone is 1. The number of benzene rings is 2. The molecule has 1 aliphatic heterocycles. The van der Waals surface area contributed by atoms with E-state index in [-0.39, 0.29) is 11.2 Å². The smallest absolute Gasteiger partial charge is 0.139 e. The van der Waals surface area contributed by atoms with Crippen LogP contribution in [0.5, 0.6) is 5.75 Å². The first-order valence-corrected chi connectivity index (χ1v) is 11.0. The highest BCUT2D eigenvalue weighted by Gasteiger charge is 2.39. The van der Waals surface area contributed by atoms with Crippen LogP contribution in [0.15, 0.2) is 96.0 Å². The number of phenolic OH excluding ortho intramolecular Hbond substituents is 1. The van der Waals surface area contributed by atoms with Crippen molar-refractivity contribution in [3.8, 4) is 5.75 Å². The van der Waals surface area contributed by atoms with Crippen LogP contribution in [0.4, 0.5) is 11.4 Å². The van der Waals surface area contributed by atoms with Crippen LogP contribution in [0.1, 0.15) is 18.4 Å². The van der Waals surface area contributed by atoms with E-state index in [1.165, 1.54) is 5.56 Å². The zero-order valence-electron chi connectivity index (χ0n) is 18.4. The second kappa shape index (κ2) is 10.1. The van der Waals surface area contributed by atoms with Crippen LogP contribution in [-0.2, 0) is 11.2 Å². The van der Waals surface area contributed by atoms with E-state index in [0.717, 1.165) is 36.4 Å². The summed E-state index contributed by atoms with van der Waals surface area (Å²) in [5.41, 5.74) is 2.76. The van der Waals surface area contributed by atoms with Crippen LogP contribution >= 0.6 is 0 Å². The van der Waals surface area contributed by atoms with Crippen molar-refractivity contribution in [3.05, 3.63) is 96.5 Å². The lowest BCUT2D eigenvalue weighted by Crippen LogP contribution is -2.41. The zero-order valence-corrected chi connectivity index (χ0v) is 18.4. The molecule has 0 fully saturated rings. The maximum Gasteiger partial charge on any atom is 0.139 e. The van der Waals surface area contributed by atoms with E-state index in [0.29, 0.717) is 13.1 Å². The number of hydrogen-bond acceptors (Lipinski definition) is 5. The molecule has 0 radical (unpaired) electrons. The van der Waals surface area contributed by atoms with Gasteiger partial charge in [-0.25, -0.2) is 0 Å². The molecule has 3 aromatic rings. The Labute approximate surface area is 189 Å². The van der Waals surface area contributed by atoms with Gasteiger partial charge in [0.1, 0.15) is 11.5 Å². The van der Waals surface area contributed by atoms with Crippen molar-refractivity contribution < 1.29 is 9.84 Å². The summed E-state index contributed by atoms with van der Waals surface area (Å²) in [6.07, 6.45) is 10.3. The number of pyridine rings is 1. The number of methoxy groups -OCH3 is 1. The third-order valence-corrected chi connectivity index (χ3v) is 6.04. The van der Waals surface area contributed by atoms with E-state index >= 15 is 0 Å². The number of hydrogen-bond donors (Lipinski definition) is 1. The third kappa shape index (κ3) is 4.83. The van der Waals surface area contributed by atoms with E-state index < -0.39 is 0 Å². The fraction of sp³-hybridized carbons (Fsp3) is 0.259. The number of ether oxygens (including phenoxy) is 1. The highest BCUT2D eigenvalue weighted by Crippen LogP contribution is 2.42. The van der Waals surface area contributed by atoms with Crippen LogP contribution in [0.3, 0.4) is 0 Å². The molecule has 0 bridgehead atoms. The number of para-hydroxylation sites is 3. The molecule has 2 aromatic carbocycles. The molecule has 1 atom stereocenters. The summed E-state index contributed by atoms with van der Waals surface area (Å²) in [4.78, 5) is 10.9. The van der Waals surface area contributed by atoms with Gasteiger partial charge in [-0.1, -0.05) is 30.3 Å². The molecule has 1 unspecified atom stereocenters. The summed E-state index contributed by atoms with van der Waals surface area (Å²) in [6.45, 7) is 1.28. The van der Waals surface area contributed by atoms with E-state index in [9.17, 15) is 5.11 Å². The number of aliphatic imine (C=N–C) groups is 1. The average Bonchev–Trinajstić information content (AvgIpc) is 2.85. The van der Waals surface area contributed by atoms with Gasteiger partial charge in [-0.15, -0.1) is 0 Å². The lowest BCUT2D eigenvalue weighted by atomic mass is 9.78. The molecule has 0 saturated carbocycles. The Bertz CT molecular complexity index is 1070. The van der Waals surface area contributed by atoms with E-state index in [1.54, 1.807) is 13.2 Å². The monoisotopic (exact) mass is 427 g/mol. The second-order valence-corrected chi connectivity index (χ2v) is 8.12. The predicted molar refractivity (Wildman–Crippen MR) is 130 cm³/mol. The van der Waals surface area contributed by atoms with Gasteiger partial charge in [0, 0.05) is 30.8 Å². The molecule has 2 heterocycles. The minimum absolute atomic E-state index is 0.255. The molecule has 0 spiro atoms. The van der Waals surface area contributed by atoms with Crippen molar-refractivity contribution in [2.24, 2.45) is 10.4 Å². The SMILES string of the molecule is COC1=CC=NCC1(CCCc1ccncc1)CN(c1ccccc1)c1ccccc1O. The van der Waals surface area contributed by atoms with Gasteiger partial charge in [-0.2, -0.15) is 0 Å². The Morgan fingerprint density at radius 1 is 1.00 bits per heavy atom. The van der Waals surface area contributed by atoms with Gasteiger partial charge in [0.05, 0.1) is 24.8 Å². The zero-order chi connectivity index (χ0) is 22.2. The van der Waals surface area contributed by atoms with Gasteiger partial charge in [-0.3, -0.25) is 9.98 Å². The number of dihydropyridines is 1. The van der Waals surface area contributed by atoms with Crippen LogP contribution < -0.4 is 4.90 Å². The first-order valence-electron chi connectivity index (χ1n) is 11.0. The maximum atomic E-state index is 10.7. The second-order valence-electron chi connectivity index (χ2n) is 8.12. The van der Waals surface area contributed by atoms with Gasteiger partial charge in [0.25, 0.3) is 0 Å². The fourth-order valence-corrected chi connectivity index (χ4v) is 4.40. The van der Waals surface area contributed by atoms with Crippen molar-refractivity contribution in [1.82, 2.24) is 4.98 Å². The minimum atomic E-state index is -0.311. The van der Waals surface area contributed by atoms with Crippen LogP contribution in [-0.4, -0.2) is 36.5 Å². The van der Waals surface area contributed by atoms with E-state index in [2.05, 4.69) is 39.1 Å². The summed E-state index contributed by atoms with van der Waals surface area (Å²) in [5.74, 6) is 1.18. The van der Waals surface area contributed by atoms with Gasteiger partial charge >= 0.3 is 0 Å². The predicted octanol–water partition coefficient (Wildman–Crippen LogP) is 5.55. The molecule has 1 N–H and O–H groups in total. The number of aryl methyl sites for hydroxylation is 1. The molecule has 164 valence electrons. The molecule has 5 heteroatoms. The number of aromatic hydroxyl groups is 1. The highest BCUT2D eigenvalue weighted by molar-refractivity contribution is 5.74. The summed E-state index contributed by atoms with van der Waals surface area (Å²) in [6, 6.07) is 21.8. The summed E-state index contributed by atoms with van der Waals surface area (Å²) in [5, 5.41) is 10.7. The molecule has 32 heavy (non-hydrogen) atoms. The first kappa shape index (κ1) is 21.6. The number of phenols is 1. The third-order valence-electron chi connectivity index (χ3n) is 6.04. The lowest BCUT2D eigenvalue weighted by Gasteiger charge is -2.40. The quantitative estimate of drug-likeness (QED) is 0.486. The lowest BCUT2D eigenvalue weighted by molar-refractivity contribution is 0.164. The Hall–Kier alpha value is -3.60. The Morgan fingerprint density at radius 3 is 2.50 bits per heavy atom. The van der Waals surface area contributed by atoms with Crippen molar-refractivity contribution in [2.45, 2.75) is 19.3 Å². The van der Waals surface area contributed by atoms with Crippen molar-refractivity contribution in [2.75, 3.05) is 25.1 Å². The number of nitrogens with zero attached hydrogens (tertiary/aromatic N) is 3. The molecule has 1 aromatic heterocycles. The molecule has 0 aliphatic carbocycles. The average molecular weight is 428 g/mol. The van der Waals surface area contributed by atoms with Crippen molar-refractivity contribution in [3.63, 3.8) is 0 Å². The van der Waals surface area contributed by atoms with E-state index in [1.807, 2.05) is 61.1 Å². The van der Waals surface area contributed by atoms with Gasteiger partial charge in [0.15, 0.2) is 0 Å². The maximum absolute atomic E-state index is 10.7. The number of aromatic nitrogens is 1. The van der Waals surface area contributed by atoms with E-state index in [4.69, 9.17) is 4.74 Å². The standard InChI is InChI=1S/C27H29N3O2/c1-32-26-15-19-29-20-27(26,16-7-8-22-13-17-28-18-14-22)21-30(23-9-3-2-4-10-23)24-11-5-6-12-25(24)31/h2-6,9-15,17-19,31H,7-8,16,20-21H2,1H3. The summed E-state index contributed by atoms with van der Waals surface area (Å²) in [7, 11) is 1.73. The number of rotatable bonds is 9. The molecule has 5 nitrogen and oxygen atoms in total. The van der Waals surface area contributed by atoms with Gasteiger partial charge in [0.2, 0.25) is 0 Å². The Kier molecular flexibility index (Phi) is 6.85. The first-order chi connectivity index (χ1) is 15.7.